The molecule has 0 bridgehead atoms. The first-order valence-electron chi connectivity index (χ1n) is 6.38. The first-order valence-corrected chi connectivity index (χ1v) is 7.86. The molecule has 0 unspecified atom stereocenters. The van der Waals surface area contributed by atoms with Gasteiger partial charge in [-0.3, -0.25) is 10.1 Å². The third kappa shape index (κ3) is 4.37. The summed E-state index contributed by atoms with van der Waals surface area (Å²) in [5, 5.41) is 13.8. The van der Waals surface area contributed by atoms with Gasteiger partial charge in [0, 0.05) is 18.2 Å². The van der Waals surface area contributed by atoms with E-state index in [0.717, 1.165) is 25.9 Å². The van der Waals surface area contributed by atoms with Crippen molar-refractivity contribution in [2.45, 2.75) is 30.7 Å². The fourth-order valence-corrected chi connectivity index (χ4v) is 3.80. The van der Waals surface area contributed by atoms with Crippen LogP contribution in [0, 0.1) is 17.0 Å². The van der Waals surface area contributed by atoms with Crippen LogP contribution >= 0.6 is 12.4 Å². The first kappa shape index (κ1) is 17.8. The van der Waals surface area contributed by atoms with E-state index >= 15 is 0 Å². The molecular weight excluding hydrogens is 318 g/mol. The highest BCUT2D eigenvalue weighted by Gasteiger charge is 2.24. The van der Waals surface area contributed by atoms with E-state index in [2.05, 4.69) is 10.0 Å². The van der Waals surface area contributed by atoms with Crippen LogP contribution in [0.2, 0.25) is 0 Å². The number of non-ortho nitro benzene ring substituents is 1. The van der Waals surface area contributed by atoms with E-state index in [1.807, 2.05) is 0 Å². The summed E-state index contributed by atoms with van der Waals surface area (Å²) in [4.78, 5) is 10.2. The minimum Gasteiger partial charge on any atom is -0.317 e. The minimum absolute atomic E-state index is 0. The fraction of sp³-hybridized carbons (Fsp3) is 0.500. The summed E-state index contributed by atoms with van der Waals surface area (Å²) in [5.41, 5.74) is 0.268. The molecule has 21 heavy (non-hydrogen) atoms. The lowest BCUT2D eigenvalue weighted by molar-refractivity contribution is -0.385. The van der Waals surface area contributed by atoms with E-state index in [4.69, 9.17) is 0 Å². The highest BCUT2D eigenvalue weighted by atomic mass is 35.5. The number of hydrogen-bond donors (Lipinski definition) is 2. The summed E-state index contributed by atoms with van der Waals surface area (Å²) in [6, 6.07) is 3.69. The number of nitro groups is 1. The first-order chi connectivity index (χ1) is 9.40. The SMILES string of the molecule is Cc1cc([N+](=O)[O-])ccc1S(=O)(=O)NC1CCNCC1.Cl. The number of piperidine rings is 1. The molecule has 1 aromatic carbocycles. The maximum Gasteiger partial charge on any atom is 0.269 e. The number of aryl methyl sites for hydroxylation is 1. The average molecular weight is 336 g/mol. The molecule has 0 amide bonds. The van der Waals surface area contributed by atoms with E-state index in [1.54, 1.807) is 6.92 Å². The molecule has 2 rings (SSSR count). The van der Waals surface area contributed by atoms with Gasteiger partial charge in [-0.05, 0) is 44.5 Å². The summed E-state index contributed by atoms with van der Waals surface area (Å²) in [5.74, 6) is 0. The van der Waals surface area contributed by atoms with Crippen LogP contribution in [0.3, 0.4) is 0 Å². The number of rotatable bonds is 4. The molecule has 0 spiro atoms. The van der Waals surface area contributed by atoms with Crippen molar-refractivity contribution in [3.63, 3.8) is 0 Å². The number of nitrogens with one attached hydrogen (secondary N) is 2. The predicted molar refractivity (Wildman–Crippen MR) is 81.3 cm³/mol. The van der Waals surface area contributed by atoms with Gasteiger partial charge >= 0.3 is 0 Å². The minimum atomic E-state index is -3.63. The van der Waals surface area contributed by atoms with Crippen LogP contribution in [0.25, 0.3) is 0 Å². The van der Waals surface area contributed by atoms with Gasteiger partial charge in [-0.25, -0.2) is 13.1 Å². The number of nitrogens with zero attached hydrogens (tertiary/aromatic N) is 1. The normalized spacial score (nSPS) is 16.2. The van der Waals surface area contributed by atoms with E-state index in [-0.39, 0.29) is 29.0 Å². The van der Waals surface area contributed by atoms with Crippen molar-refractivity contribution in [3.8, 4) is 0 Å². The molecule has 7 nitrogen and oxygen atoms in total. The Bertz CT molecular complexity index is 615. The summed E-state index contributed by atoms with van der Waals surface area (Å²) in [7, 11) is -3.63. The van der Waals surface area contributed by atoms with Crippen LogP contribution in [-0.2, 0) is 10.0 Å². The van der Waals surface area contributed by atoms with E-state index < -0.39 is 14.9 Å². The van der Waals surface area contributed by atoms with Gasteiger partial charge in [0.05, 0.1) is 9.82 Å². The average Bonchev–Trinajstić information content (AvgIpc) is 2.38. The van der Waals surface area contributed by atoms with Gasteiger partial charge in [0.1, 0.15) is 0 Å². The third-order valence-electron chi connectivity index (χ3n) is 3.32. The van der Waals surface area contributed by atoms with Gasteiger partial charge in [-0.15, -0.1) is 12.4 Å². The molecule has 2 N–H and O–H groups in total. The lowest BCUT2D eigenvalue weighted by Gasteiger charge is -2.23. The molecule has 0 radical (unpaired) electrons. The van der Waals surface area contributed by atoms with Crippen LogP contribution in [-0.4, -0.2) is 32.5 Å². The second-order valence-corrected chi connectivity index (χ2v) is 6.53. The Kier molecular flexibility index (Phi) is 6.09. The highest BCUT2D eigenvalue weighted by Crippen LogP contribution is 2.21. The fourth-order valence-electron chi connectivity index (χ4n) is 2.27. The molecule has 0 atom stereocenters. The molecule has 1 heterocycles. The topological polar surface area (TPSA) is 101 Å². The smallest absolute Gasteiger partial charge is 0.269 e. The standard InChI is InChI=1S/C12H17N3O4S.ClH/c1-9-8-11(15(16)17)2-3-12(9)20(18,19)14-10-4-6-13-7-5-10;/h2-3,8,10,13-14H,4-7H2,1H3;1H. The van der Waals surface area contributed by atoms with Crippen molar-refractivity contribution in [2.75, 3.05) is 13.1 Å². The largest absolute Gasteiger partial charge is 0.317 e. The van der Waals surface area contributed by atoms with Crippen LogP contribution < -0.4 is 10.0 Å². The maximum absolute atomic E-state index is 12.3. The Morgan fingerprint density at radius 1 is 1.33 bits per heavy atom. The quantitative estimate of drug-likeness (QED) is 0.639. The summed E-state index contributed by atoms with van der Waals surface area (Å²) >= 11 is 0. The zero-order valence-electron chi connectivity index (χ0n) is 11.5. The lowest BCUT2D eigenvalue weighted by Crippen LogP contribution is -2.42. The Morgan fingerprint density at radius 3 is 2.48 bits per heavy atom. The molecule has 9 heteroatoms. The summed E-state index contributed by atoms with van der Waals surface area (Å²) < 4.78 is 27.3. The Hall–Kier alpha value is -1.22. The summed E-state index contributed by atoms with van der Waals surface area (Å²) in [6.45, 7) is 3.13. The van der Waals surface area contributed by atoms with Gasteiger partial charge < -0.3 is 5.32 Å². The van der Waals surface area contributed by atoms with E-state index in [1.165, 1.54) is 18.2 Å². The van der Waals surface area contributed by atoms with Gasteiger partial charge in [0.15, 0.2) is 0 Å². The zero-order valence-corrected chi connectivity index (χ0v) is 13.2. The van der Waals surface area contributed by atoms with Crippen molar-refractivity contribution in [2.24, 2.45) is 0 Å². The predicted octanol–water partition coefficient (Wildman–Crippen LogP) is 1.36. The van der Waals surface area contributed by atoms with Crippen molar-refractivity contribution in [1.82, 2.24) is 10.0 Å². The van der Waals surface area contributed by atoms with E-state index in [9.17, 15) is 18.5 Å². The van der Waals surface area contributed by atoms with Gasteiger partial charge in [0.2, 0.25) is 10.0 Å². The molecule has 1 aliphatic rings. The molecule has 1 fully saturated rings. The number of nitro benzene ring substituents is 1. The van der Waals surface area contributed by atoms with Crippen molar-refractivity contribution in [3.05, 3.63) is 33.9 Å². The lowest BCUT2D eigenvalue weighted by atomic mass is 10.1. The molecule has 1 aliphatic heterocycles. The van der Waals surface area contributed by atoms with Gasteiger partial charge in [-0.1, -0.05) is 0 Å². The van der Waals surface area contributed by atoms with Crippen molar-refractivity contribution >= 4 is 28.1 Å². The Labute approximate surface area is 129 Å². The van der Waals surface area contributed by atoms with Gasteiger partial charge in [0.25, 0.3) is 5.69 Å². The van der Waals surface area contributed by atoms with Crippen molar-refractivity contribution in [1.29, 1.82) is 0 Å². The van der Waals surface area contributed by atoms with Crippen LogP contribution in [0.1, 0.15) is 18.4 Å². The van der Waals surface area contributed by atoms with Gasteiger partial charge in [-0.2, -0.15) is 0 Å². The number of benzene rings is 1. The van der Waals surface area contributed by atoms with Crippen molar-refractivity contribution < 1.29 is 13.3 Å². The molecule has 0 aromatic heterocycles. The number of sulfonamides is 1. The highest BCUT2D eigenvalue weighted by molar-refractivity contribution is 7.89. The summed E-state index contributed by atoms with van der Waals surface area (Å²) in [6.07, 6.45) is 1.48. The molecule has 1 aromatic rings. The molecule has 0 saturated carbocycles. The Balaban J connectivity index is 0.00000220. The monoisotopic (exact) mass is 335 g/mol. The second-order valence-electron chi connectivity index (χ2n) is 4.85. The Morgan fingerprint density at radius 2 is 1.95 bits per heavy atom. The third-order valence-corrected chi connectivity index (χ3v) is 5.00. The molecule has 118 valence electrons. The number of halogens is 1. The van der Waals surface area contributed by atoms with Crippen LogP contribution in [0.15, 0.2) is 23.1 Å². The van der Waals surface area contributed by atoms with Crippen LogP contribution in [0.5, 0.6) is 0 Å². The number of hydrogen-bond acceptors (Lipinski definition) is 5. The molecular formula is C12H18ClN3O4S. The van der Waals surface area contributed by atoms with Crippen LogP contribution in [0.4, 0.5) is 5.69 Å². The zero-order chi connectivity index (χ0) is 14.8. The second kappa shape index (κ2) is 7.17. The van der Waals surface area contributed by atoms with E-state index in [0.29, 0.717) is 5.56 Å². The molecule has 0 aliphatic carbocycles. The molecule has 1 saturated heterocycles. The maximum atomic E-state index is 12.3.